The number of halogens is 3. The van der Waals surface area contributed by atoms with Crippen LogP contribution in [0.1, 0.15) is 11.1 Å². The second-order valence-electron chi connectivity index (χ2n) is 3.80. The summed E-state index contributed by atoms with van der Waals surface area (Å²) < 4.78 is 25.5. The Labute approximate surface area is 114 Å². The van der Waals surface area contributed by atoms with E-state index in [1.54, 1.807) is 12.1 Å². The maximum atomic E-state index is 12.8. The monoisotopic (exact) mass is 281 g/mol. The normalized spacial score (nSPS) is 10.9. The van der Waals surface area contributed by atoms with Crippen LogP contribution < -0.4 is 0 Å². The molecule has 0 aliphatic carbocycles. The Bertz CT molecular complexity index is 584. The minimum absolute atomic E-state index is 0.136. The van der Waals surface area contributed by atoms with E-state index in [-0.39, 0.29) is 17.4 Å². The van der Waals surface area contributed by atoms with Crippen LogP contribution in [0.25, 0.3) is 0 Å². The van der Waals surface area contributed by atoms with Crippen molar-refractivity contribution in [2.24, 2.45) is 5.16 Å². The minimum atomic E-state index is -0.399. The van der Waals surface area contributed by atoms with E-state index in [1.807, 2.05) is 0 Å². The Hall–Kier alpha value is -1.94. The molecule has 0 atom stereocenters. The summed E-state index contributed by atoms with van der Waals surface area (Å²) in [7, 11) is 0. The van der Waals surface area contributed by atoms with E-state index < -0.39 is 5.82 Å². The Morgan fingerprint density at radius 3 is 2.42 bits per heavy atom. The third-order valence-corrected chi connectivity index (χ3v) is 2.73. The molecule has 2 aromatic carbocycles. The first-order chi connectivity index (χ1) is 9.15. The highest BCUT2D eigenvalue weighted by atomic mass is 35.5. The molecule has 98 valence electrons. The van der Waals surface area contributed by atoms with Crippen LogP contribution in [0, 0.1) is 11.6 Å². The highest BCUT2D eigenvalue weighted by molar-refractivity contribution is 6.31. The van der Waals surface area contributed by atoms with Crippen LogP contribution in [-0.4, -0.2) is 6.21 Å². The average Bonchev–Trinajstić information content (AvgIpc) is 2.39. The van der Waals surface area contributed by atoms with Gasteiger partial charge in [0.05, 0.1) is 11.2 Å². The van der Waals surface area contributed by atoms with Crippen molar-refractivity contribution in [1.82, 2.24) is 0 Å². The van der Waals surface area contributed by atoms with Crippen molar-refractivity contribution in [3.8, 4) is 0 Å². The number of hydrogen-bond acceptors (Lipinski definition) is 2. The van der Waals surface area contributed by atoms with E-state index in [9.17, 15) is 8.78 Å². The van der Waals surface area contributed by atoms with Gasteiger partial charge in [-0.3, -0.25) is 0 Å². The van der Waals surface area contributed by atoms with Crippen LogP contribution in [0.4, 0.5) is 8.78 Å². The Kier molecular flexibility index (Phi) is 4.47. The molecule has 2 rings (SSSR count). The van der Waals surface area contributed by atoms with Gasteiger partial charge in [-0.1, -0.05) is 35.0 Å². The first-order valence-corrected chi connectivity index (χ1v) is 5.88. The molecular weight excluding hydrogens is 272 g/mol. The summed E-state index contributed by atoms with van der Waals surface area (Å²) in [5.41, 5.74) is 1.35. The fraction of sp³-hybridized carbons (Fsp3) is 0.0714. The van der Waals surface area contributed by atoms with Gasteiger partial charge >= 0.3 is 0 Å². The average molecular weight is 282 g/mol. The van der Waals surface area contributed by atoms with Crippen molar-refractivity contribution >= 4 is 17.8 Å². The molecule has 0 aromatic heterocycles. The molecule has 0 N–H and O–H groups in total. The van der Waals surface area contributed by atoms with Crippen molar-refractivity contribution < 1.29 is 13.6 Å². The molecule has 0 unspecified atom stereocenters. The van der Waals surface area contributed by atoms with E-state index in [4.69, 9.17) is 16.4 Å². The molecule has 0 aliphatic heterocycles. The van der Waals surface area contributed by atoms with Crippen molar-refractivity contribution in [2.75, 3.05) is 0 Å². The van der Waals surface area contributed by atoms with Crippen LogP contribution >= 0.6 is 11.6 Å². The van der Waals surface area contributed by atoms with Crippen LogP contribution in [-0.2, 0) is 11.4 Å². The number of oxime groups is 1. The first kappa shape index (κ1) is 13.5. The van der Waals surface area contributed by atoms with E-state index >= 15 is 0 Å². The van der Waals surface area contributed by atoms with Crippen LogP contribution in [0.15, 0.2) is 47.6 Å². The molecule has 0 saturated carbocycles. The molecule has 0 radical (unpaired) electrons. The highest BCUT2D eigenvalue weighted by Gasteiger charge is 2.01. The van der Waals surface area contributed by atoms with Gasteiger partial charge in [0.1, 0.15) is 18.2 Å². The van der Waals surface area contributed by atoms with Gasteiger partial charge in [-0.2, -0.15) is 0 Å². The van der Waals surface area contributed by atoms with E-state index in [0.717, 1.165) is 0 Å². The predicted octanol–water partition coefficient (Wildman–Crippen LogP) is 4.17. The smallest absolute Gasteiger partial charge is 0.143 e. The van der Waals surface area contributed by atoms with Crippen molar-refractivity contribution in [1.29, 1.82) is 0 Å². The summed E-state index contributed by atoms with van der Waals surface area (Å²) in [6.07, 6.45) is 1.46. The fourth-order valence-electron chi connectivity index (χ4n) is 1.39. The lowest BCUT2D eigenvalue weighted by molar-refractivity contribution is 0.132. The molecule has 0 heterocycles. The van der Waals surface area contributed by atoms with Gasteiger partial charge in [0.15, 0.2) is 0 Å². The van der Waals surface area contributed by atoms with Crippen molar-refractivity contribution in [3.63, 3.8) is 0 Å². The Morgan fingerprint density at radius 2 is 1.74 bits per heavy atom. The molecule has 0 bridgehead atoms. The van der Waals surface area contributed by atoms with E-state index in [0.29, 0.717) is 11.1 Å². The lowest BCUT2D eigenvalue weighted by Crippen LogP contribution is -1.90. The number of benzene rings is 2. The predicted molar refractivity (Wildman–Crippen MR) is 70.2 cm³/mol. The van der Waals surface area contributed by atoms with Crippen molar-refractivity contribution in [2.45, 2.75) is 6.61 Å². The van der Waals surface area contributed by atoms with Crippen LogP contribution in [0.3, 0.4) is 0 Å². The molecule has 0 saturated heterocycles. The highest BCUT2D eigenvalue weighted by Crippen LogP contribution is 2.18. The summed E-state index contributed by atoms with van der Waals surface area (Å²) in [5.74, 6) is -0.709. The lowest BCUT2D eigenvalue weighted by atomic mass is 10.2. The lowest BCUT2D eigenvalue weighted by Gasteiger charge is -2.02. The van der Waals surface area contributed by atoms with Crippen molar-refractivity contribution in [3.05, 3.63) is 70.2 Å². The summed E-state index contributed by atoms with van der Waals surface area (Å²) in [6, 6.07) is 9.86. The zero-order chi connectivity index (χ0) is 13.7. The Balaban J connectivity index is 1.91. The third kappa shape index (κ3) is 4.03. The molecule has 0 fully saturated rings. The zero-order valence-corrected chi connectivity index (χ0v) is 10.6. The van der Waals surface area contributed by atoms with Gasteiger partial charge in [0, 0.05) is 5.56 Å². The SMILES string of the molecule is Fc1ccc(/C=N/OCc2ccc(F)cc2Cl)cc1. The number of hydrogen-bond donors (Lipinski definition) is 0. The fourth-order valence-corrected chi connectivity index (χ4v) is 1.61. The van der Waals surface area contributed by atoms with Gasteiger partial charge in [0.25, 0.3) is 0 Å². The molecule has 2 aromatic rings. The molecule has 5 heteroatoms. The molecule has 0 spiro atoms. The van der Waals surface area contributed by atoms with Crippen LogP contribution in [0.5, 0.6) is 0 Å². The summed E-state index contributed by atoms with van der Waals surface area (Å²) >= 11 is 5.83. The van der Waals surface area contributed by atoms with Gasteiger partial charge in [-0.05, 0) is 29.8 Å². The quantitative estimate of drug-likeness (QED) is 0.609. The topological polar surface area (TPSA) is 21.6 Å². The zero-order valence-electron chi connectivity index (χ0n) is 9.82. The molecular formula is C14H10ClF2NO. The van der Waals surface area contributed by atoms with Gasteiger partial charge in [-0.25, -0.2) is 8.78 Å². The Morgan fingerprint density at radius 1 is 1.05 bits per heavy atom. The van der Waals surface area contributed by atoms with Gasteiger partial charge < -0.3 is 4.84 Å². The second-order valence-corrected chi connectivity index (χ2v) is 4.20. The molecule has 0 aliphatic rings. The van der Waals surface area contributed by atoms with Gasteiger partial charge in [0.2, 0.25) is 0 Å². The number of nitrogens with zero attached hydrogens (tertiary/aromatic N) is 1. The largest absolute Gasteiger partial charge is 0.391 e. The van der Waals surface area contributed by atoms with E-state index in [2.05, 4.69) is 5.16 Å². The van der Waals surface area contributed by atoms with Gasteiger partial charge in [-0.15, -0.1) is 0 Å². The van der Waals surface area contributed by atoms with Crippen LogP contribution in [0.2, 0.25) is 5.02 Å². The molecule has 0 amide bonds. The molecule has 2 nitrogen and oxygen atoms in total. The molecule has 19 heavy (non-hydrogen) atoms. The maximum Gasteiger partial charge on any atom is 0.143 e. The maximum absolute atomic E-state index is 12.8. The second kappa shape index (κ2) is 6.29. The summed E-state index contributed by atoms with van der Waals surface area (Å²) in [6.45, 7) is 0.136. The van der Waals surface area contributed by atoms with E-state index in [1.165, 1.54) is 36.5 Å². The summed E-state index contributed by atoms with van der Waals surface area (Å²) in [4.78, 5) is 5.04. The first-order valence-electron chi connectivity index (χ1n) is 5.50. The number of rotatable bonds is 4. The third-order valence-electron chi connectivity index (χ3n) is 2.38. The summed E-state index contributed by atoms with van der Waals surface area (Å²) in [5, 5.41) is 4.02. The standard InChI is InChI=1S/C14H10ClF2NO/c15-14-7-13(17)6-3-11(14)9-19-18-8-10-1-4-12(16)5-2-10/h1-8H,9H2/b18-8+. The minimum Gasteiger partial charge on any atom is -0.391 e.